The summed E-state index contributed by atoms with van der Waals surface area (Å²) < 4.78 is 50.4. The monoisotopic (exact) mass is 474 g/mol. The average molecular weight is 474 g/mol. The van der Waals surface area contributed by atoms with Crippen molar-refractivity contribution in [3.63, 3.8) is 0 Å². The van der Waals surface area contributed by atoms with Crippen LogP contribution in [0.1, 0.15) is 16.6 Å². The van der Waals surface area contributed by atoms with Gasteiger partial charge in [0.05, 0.1) is 29.6 Å². The average Bonchev–Trinajstić information content (AvgIpc) is 3.53. The lowest BCUT2D eigenvalue weighted by atomic mass is 10.1. The molecule has 0 saturated heterocycles. The van der Waals surface area contributed by atoms with E-state index in [9.17, 15) is 9.65 Å². The lowest BCUT2D eigenvalue weighted by molar-refractivity contribution is 0.185. The van der Waals surface area contributed by atoms with Gasteiger partial charge in [-0.3, -0.25) is 4.98 Å². The SMILES string of the molecule is [2H]C([2H])([2H])Oc1ccnc(-c2cnc3ccc(-c4ccc(F)c(O[C@@H](C)Cn5cnnn5)c4)nn23)c1C#N. The maximum absolute atomic E-state index is 14.6. The van der Waals surface area contributed by atoms with Crippen molar-refractivity contribution >= 4 is 5.65 Å². The van der Waals surface area contributed by atoms with Crippen molar-refractivity contribution in [2.75, 3.05) is 7.04 Å². The molecular weight excluding hydrogens is 453 g/mol. The van der Waals surface area contributed by atoms with Crippen molar-refractivity contribution < 1.29 is 18.0 Å². The van der Waals surface area contributed by atoms with Crippen molar-refractivity contribution in [3.05, 3.63) is 66.5 Å². The Morgan fingerprint density at radius 2 is 2.11 bits per heavy atom. The van der Waals surface area contributed by atoms with Crippen molar-refractivity contribution in [2.24, 2.45) is 0 Å². The molecule has 0 aliphatic heterocycles. The van der Waals surface area contributed by atoms with Gasteiger partial charge in [0.25, 0.3) is 0 Å². The molecule has 12 heteroatoms. The molecule has 0 fully saturated rings. The zero-order valence-electron chi connectivity index (χ0n) is 21.2. The maximum Gasteiger partial charge on any atom is 0.165 e. The first-order chi connectivity index (χ1) is 18.2. The normalized spacial score (nSPS) is 13.5. The van der Waals surface area contributed by atoms with Crippen LogP contribution in [0.4, 0.5) is 4.39 Å². The molecule has 0 spiro atoms. The number of halogens is 1. The molecule has 0 saturated carbocycles. The highest BCUT2D eigenvalue weighted by Crippen LogP contribution is 2.30. The van der Waals surface area contributed by atoms with Gasteiger partial charge in [-0.1, -0.05) is 0 Å². The fraction of sp³-hybridized carbons (Fsp3) is 0.174. The molecule has 0 aliphatic carbocycles. The number of fused-ring (bicyclic) bond motifs is 1. The van der Waals surface area contributed by atoms with Crippen molar-refractivity contribution in [1.29, 1.82) is 5.26 Å². The van der Waals surface area contributed by atoms with E-state index in [1.54, 1.807) is 25.1 Å². The van der Waals surface area contributed by atoms with E-state index in [-0.39, 0.29) is 22.8 Å². The Morgan fingerprint density at radius 3 is 2.91 bits per heavy atom. The zero-order chi connectivity index (χ0) is 26.9. The highest BCUT2D eigenvalue weighted by Gasteiger charge is 2.18. The number of hydrogen-bond acceptors (Lipinski definition) is 9. The number of methoxy groups -OCH3 is 1. The van der Waals surface area contributed by atoms with Crippen LogP contribution in [-0.2, 0) is 6.54 Å². The Kier molecular flexibility index (Phi) is 4.83. The van der Waals surface area contributed by atoms with Gasteiger partial charge in [0.15, 0.2) is 17.2 Å². The molecule has 174 valence electrons. The third kappa shape index (κ3) is 4.22. The molecule has 1 aromatic carbocycles. The molecule has 0 unspecified atom stereocenters. The van der Waals surface area contributed by atoms with E-state index in [0.717, 1.165) is 0 Å². The minimum Gasteiger partial charge on any atom is -0.495 e. The summed E-state index contributed by atoms with van der Waals surface area (Å²) in [6, 6.07) is 11.0. The minimum atomic E-state index is -2.75. The summed E-state index contributed by atoms with van der Waals surface area (Å²) in [5.41, 5.74) is 1.87. The lowest BCUT2D eigenvalue weighted by Crippen LogP contribution is -2.20. The summed E-state index contributed by atoms with van der Waals surface area (Å²) in [6.45, 7) is 2.08. The van der Waals surface area contributed by atoms with E-state index < -0.39 is 19.0 Å². The molecule has 0 aliphatic rings. The van der Waals surface area contributed by atoms with Gasteiger partial charge in [-0.15, -0.1) is 5.10 Å². The van der Waals surface area contributed by atoms with E-state index in [2.05, 4.69) is 30.6 Å². The van der Waals surface area contributed by atoms with Crippen molar-refractivity contribution in [1.82, 2.24) is 39.8 Å². The van der Waals surface area contributed by atoms with Crippen LogP contribution in [0.3, 0.4) is 0 Å². The van der Waals surface area contributed by atoms with Crippen molar-refractivity contribution in [2.45, 2.75) is 19.6 Å². The fourth-order valence-electron chi connectivity index (χ4n) is 3.55. The first kappa shape index (κ1) is 18.5. The Hall–Kier alpha value is -4.92. The summed E-state index contributed by atoms with van der Waals surface area (Å²) in [7, 11) is -2.75. The van der Waals surface area contributed by atoms with Crippen LogP contribution in [0, 0.1) is 17.1 Å². The smallest absolute Gasteiger partial charge is 0.165 e. The molecule has 35 heavy (non-hydrogen) atoms. The van der Waals surface area contributed by atoms with Gasteiger partial charge in [0.1, 0.15) is 41.2 Å². The fourth-order valence-corrected chi connectivity index (χ4v) is 3.55. The summed E-state index contributed by atoms with van der Waals surface area (Å²) >= 11 is 0. The number of rotatable bonds is 7. The Labute approximate surface area is 202 Å². The highest BCUT2D eigenvalue weighted by atomic mass is 19.1. The van der Waals surface area contributed by atoms with E-state index in [1.807, 2.05) is 6.07 Å². The number of aromatic nitrogens is 8. The first-order valence-electron chi connectivity index (χ1n) is 11.8. The van der Waals surface area contributed by atoms with E-state index in [0.29, 0.717) is 29.1 Å². The minimum absolute atomic E-state index is 0.0266. The van der Waals surface area contributed by atoms with E-state index in [1.165, 1.54) is 46.1 Å². The van der Waals surface area contributed by atoms with Crippen LogP contribution < -0.4 is 9.47 Å². The van der Waals surface area contributed by atoms with E-state index >= 15 is 0 Å². The Bertz CT molecular complexity index is 1650. The summed E-state index contributed by atoms with van der Waals surface area (Å²) in [6.07, 6.45) is 3.81. The Morgan fingerprint density at radius 1 is 1.20 bits per heavy atom. The molecule has 0 bridgehead atoms. The molecule has 11 nitrogen and oxygen atoms in total. The molecular formula is C23H18FN9O2. The van der Waals surface area contributed by atoms with Gasteiger partial charge in [-0.25, -0.2) is 18.6 Å². The number of ether oxygens (including phenoxy) is 2. The lowest BCUT2D eigenvalue weighted by Gasteiger charge is -2.15. The van der Waals surface area contributed by atoms with E-state index in [4.69, 9.17) is 13.6 Å². The van der Waals surface area contributed by atoms with Crippen LogP contribution in [0.2, 0.25) is 0 Å². The number of tetrazole rings is 1. The largest absolute Gasteiger partial charge is 0.495 e. The molecule has 4 aromatic heterocycles. The van der Waals surface area contributed by atoms with Crippen LogP contribution in [-0.4, -0.2) is 52.9 Å². The molecule has 0 amide bonds. The third-order valence-corrected chi connectivity index (χ3v) is 5.13. The van der Waals surface area contributed by atoms with Crippen molar-refractivity contribution in [3.8, 4) is 40.2 Å². The van der Waals surface area contributed by atoms with Gasteiger partial charge in [-0.05, 0) is 53.7 Å². The van der Waals surface area contributed by atoms with Crippen LogP contribution >= 0.6 is 0 Å². The van der Waals surface area contributed by atoms with Gasteiger partial charge in [0, 0.05) is 11.8 Å². The van der Waals surface area contributed by atoms with Crippen LogP contribution in [0.5, 0.6) is 11.5 Å². The quantitative estimate of drug-likeness (QED) is 0.349. The van der Waals surface area contributed by atoms with Gasteiger partial charge >= 0.3 is 0 Å². The molecule has 4 heterocycles. The predicted molar refractivity (Wildman–Crippen MR) is 121 cm³/mol. The number of hydrogen-bond donors (Lipinski definition) is 0. The number of nitriles is 1. The standard InChI is InChI=1S/C23H18FN9O2/c1-14(12-32-13-28-30-31-32)35-21-9-15(3-4-17(21)24)18-5-6-22-27-11-19(33(22)29-18)23-16(10-25)20(34-2)7-8-26-23/h3-9,11,13-14H,12H2,1-2H3/t14-/m0/s1/i2D3. The van der Waals surface area contributed by atoms with Gasteiger partial charge in [-0.2, -0.15) is 10.4 Å². The number of imidazole rings is 1. The maximum atomic E-state index is 14.6. The summed E-state index contributed by atoms with van der Waals surface area (Å²) in [5.74, 6) is -0.658. The molecule has 5 rings (SSSR count). The van der Waals surface area contributed by atoms with Gasteiger partial charge < -0.3 is 9.47 Å². The predicted octanol–water partition coefficient (Wildman–Crippen LogP) is 2.93. The number of benzene rings is 1. The summed E-state index contributed by atoms with van der Waals surface area (Å²) in [5, 5.41) is 25.3. The van der Waals surface area contributed by atoms with Crippen LogP contribution in [0.15, 0.2) is 55.1 Å². The second kappa shape index (κ2) is 9.14. The topological polar surface area (TPSA) is 129 Å². The highest BCUT2D eigenvalue weighted by molar-refractivity contribution is 5.70. The number of nitrogens with zero attached hydrogens (tertiary/aromatic N) is 9. The van der Waals surface area contributed by atoms with Crippen LogP contribution in [0.25, 0.3) is 28.3 Å². The first-order valence-corrected chi connectivity index (χ1v) is 10.3. The second-order valence-corrected chi connectivity index (χ2v) is 7.48. The zero-order valence-corrected chi connectivity index (χ0v) is 18.2. The third-order valence-electron chi connectivity index (χ3n) is 5.13. The van der Waals surface area contributed by atoms with Gasteiger partial charge in [0.2, 0.25) is 0 Å². The Balaban J connectivity index is 1.50. The summed E-state index contributed by atoms with van der Waals surface area (Å²) in [4.78, 5) is 8.56. The molecule has 1 atom stereocenters. The second-order valence-electron chi connectivity index (χ2n) is 7.48. The molecule has 0 radical (unpaired) electrons. The number of pyridine rings is 1. The molecule has 0 N–H and O–H groups in total. The molecule has 5 aromatic rings.